The molecule has 3 aromatic rings. The zero-order valence-electron chi connectivity index (χ0n) is 13.6. The van der Waals surface area contributed by atoms with Crippen molar-refractivity contribution >= 4 is 22.4 Å². The van der Waals surface area contributed by atoms with Crippen LogP contribution in [0.5, 0.6) is 11.5 Å². The first-order valence-electron chi connectivity index (χ1n) is 7.91. The van der Waals surface area contributed by atoms with Crippen LogP contribution in [0.15, 0.2) is 53.9 Å². The molecular weight excluding hydrogens is 336 g/mol. The molecule has 126 valence electrons. The Labute approximate surface area is 149 Å². The van der Waals surface area contributed by atoms with Gasteiger partial charge in [-0.2, -0.15) is 0 Å². The lowest BCUT2D eigenvalue weighted by Crippen LogP contribution is -2.40. The Morgan fingerprint density at radius 1 is 1.16 bits per heavy atom. The summed E-state index contributed by atoms with van der Waals surface area (Å²) in [5.74, 6) is 0.968. The first kappa shape index (κ1) is 15.7. The van der Waals surface area contributed by atoms with Crippen molar-refractivity contribution in [2.75, 3.05) is 11.9 Å². The fraction of sp³-hybridized carbons (Fsp3) is 0.158. The smallest absolute Gasteiger partial charge is 0.270 e. The third-order valence-corrected chi connectivity index (χ3v) is 4.64. The minimum atomic E-state index is -0.693. The predicted octanol–water partition coefficient (Wildman–Crippen LogP) is 3.90. The molecular formula is C19H16N2O3S. The van der Waals surface area contributed by atoms with Crippen LogP contribution in [0.2, 0.25) is 0 Å². The number of aromatic nitrogens is 1. The van der Waals surface area contributed by atoms with Gasteiger partial charge in [0.1, 0.15) is 6.61 Å². The van der Waals surface area contributed by atoms with E-state index in [0.29, 0.717) is 16.6 Å². The Kier molecular flexibility index (Phi) is 4.11. The molecule has 2 heterocycles. The molecule has 1 aliphatic heterocycles. The van der Waals surface area contributed by atoms with Crippen molar-refractivity contribution in [2.45, 2.75) is 13.0 Å². The zero-order chi connectivity index (χ0) is 17.2. The zero-order valence-corrected chi connectivity index (χ0v) is 14.4. The number of carbonyl (C=O) groups excluding carboxylic acids is 1. The van der Waals surface area contributed by atoms with E-state index in [9.17, 15) is 4.79 Å². The number of para-hydroxylation sites is 2. The van der Waals surface area contributed by atoms with Crippen LogP contribution in [0.4, 0.5) is 5.13 Å². The van der Waals surface area contributed by atoms with E-state index in [4.69, 9.17) is 9.47 Å². The molecule has 0 unspecified atom stereocenters. The van der Waals surface area contributed by atoms with Gasteiger partial charge in [-0.15, -0.1) is 11.3 Å². The molecule has 6 heteroatoms. The molecule has 5 nitrogen and oxygen atoms in total. The summed E-state index contributed by atoms with van der Waals surface area (Å²) in [5.41, 5.74) is 3.06. The number of nitrogens with zero attached hydrogens (tertiary/aromatic N) is 1. The fourth-order valence-electron chi connectivity index (χ4n) is 2.52. The number of nitrogens with one attached hydrogen (secondary N) is 1. The monoisotopic (exact) mass is 352 g/mol. The number of benzene rings is 2. The second kappa shape index (κ2) is 6.57. The molecule has 0 fully saturated rings. The summed E-state index contributed by atoms with van der Waals surface area (Å²) in [6.45, 7) is 2.22. The molecule has 0 saturated heterocycles. The third-order valence-electron chi connectivity index (χ3n) is 3.88. The average Bonchev–Trinajstić information content (AvgIpc) is 3.10. The first-order chi connectivity index (χ1) is 12.2. The van der Waals surface area contributed by atoms with Crippen molar-refractivity contribution in [3.05, 3.63) is 59.5 Å². The third kappa shape index (κ3) is 3.34. The Morgan fingerprint density at radius 2 is 1.92 bits per heavy atom. The lowest BCUT2D eigenvalue weighted by Gasteiger charge is -2.25. The van der Waals surface area contributed by atoms with Crippen molar-refractivity contribution < 1.29 is 14.3 Å². The van der Waals surface area contributed by atoms with Gasteiger partial charge in [-0.1, -0.05) is 42.0 Å². The second-order valence-corrected chi connectivity index (χ2v) is 6.62. The van der Waals surface area contributed by atoms with Crippen LogP contribution in [0.3, 0.4) is 0 Å². The maximum absolute atomic E-state index is 12.4. The van der Waals surface area contributed by atoms with Gasteiger partial charge >= 0.3 is 0 Å². The van der Waals surface area contributed by atoms with Crippen molar-refractivity contribution in [2.24, 2.45) is 0 Å². The van der Waals surface area contributed by atoms with E-state index in [1.165, 1.54) is 16.9 Å². The van der Waals surface area contributed by atoms with Crippen LogP contribution in [0, 0.1) is 6.92 Å². The van der Waals surface area contributed by atoms with Crippen LogP contribution in [0.1, 0.15) is 5.56 Å². The highest BCUT2D eigenvalue weighted by molar-refractivity contribution is 7.14. The van der Waals surface area contributed by atoms with Gasteiger partial charge in [-0.05, 0) is 19.1 Å². The molecule has 2 aromatic carbocycles. The minimum Gasteiger partial charge on any atom is -0.485 e. The number of thiazole rings is 1. The molecule has 4 rings (SSSR count). The van der Waals surface area contributed by atoms with E-state index in [1.807, 2.05) is 54.8 Å². The van der Waals surface area contributed by atoms with Crippen LogP contribution >= 0.6 is 11.3 Å². The second-order valence-electron chi connectivity index (χ2n) is 5.76. The molecule has 1 aliphatic rings. The number of hydrogen-bond acceptors (Lipinski definition) is 5. The van der Waals surface area contributed by atoms with Crippen molar-refractivity contribution in [1.82, 2.24) is 4.98 Å². The van der Waals surface area contributed by atoms with Gasteiger partial charge in [-0.25, -0.2) is 4.98 Å². The highest BCUT2D eigenvalue weighted by atomic mass is 32.1. The van der Waals surface area contributed by atoms with E-state index in [0.717, 1.165) is 11.3 Å². The van der Waals surface area contributed by atoms with Gasteiger partial charge in [0.15, 0.2) is 16.6 Å². The normalized spacial score (nSPS) is 15.6. The molecule has 0 bridgehead atoms. The number of anilines is 1. The first-order valence-corrected chi connectivity index (χ1v) is 8.79. The van der Waals surface area contributed by atoms with Crippen LogP contribution in [-0.2, 0) is 4.79 Å². The molecule has 1 N–H and O–H groups in total. The lowest BCUT2D eigenvalue weighted by atomic mass is 10.1. The maximum Gasteiger partial charge on any atom is 0.270 e. The van der Waals surface area contributed by atoms with Gasteiger partial charge in [0.2, 0.25) is 6.10 Å². The Hall–Kier alpha value is -2.86. The highest BCUT2D eigenvalue weighted by Gasteiger charge is 2.27. The van der Waals surface area contributed by atoms with E-state index in [1.54, 1.807) is 6.07 Å². The fourth-order valence-corrected chi connectivity index (χ4v) is 3.25. The molecule has 25 heavy (non-hydrogen) atoms. The van der Waals surface area contributed by atoms with Crippen molar-refractivity contribution in [3.8, 4) is 22.8 Å². The Morgan fingerprint density at radius 3 is 2.72 bits per heavy atom. The number of amides is 1. The molecule has 0 spiro atoms. The SMILES string of the molecule is Cc1ccc(-c2csc(NC(=O)[C@H]3COc4ccccc4O3)n2)cc1. The topological polar surface area (TPSA) is 60.5 Å². The largest absolute Gasteiger partial charge is 0.485 e. The summed E-state index contributed by atoms with van der Waals surface area (Å²) in [5, 5.41) is 5.28. The van der Waals surface area contributed by atoms with Crippen LogP contribution in [-0.4, -0.2) is 23.6 Å². The number of carbonyl (C=O) groups is 1. The molecule has 0 radical (unpaired) electrons. The highest BCUT2D eigenvalue weighted by Crippen LogP contribution is 2.31. The minimum absolute atomic E-state index is 0.180. The van der Waals surface area contributed by atoms with Crippen LogP contribution < -0.4 is 14.8 Å². The Balaban J connectivity index is 1.44. The summed E-state index contributed by atoms with van der Waals surface area (Å²) in [6, 6.07) is 15.4. The van der Waals surface area contributed by atoms with E-state index < -0.39 is 6.10 Å². The number of aryl methyl sites for hydroxylation is 1. The van der Waals surface area contributed by atoms with E-state index >= 15 is 0 Å². The van der Waals surface area contributed by atoms with Gasteiger partial charge in [0, 0.05) is 10.9 Å². The Bertz CT molecular complexity index is 905. The lowest BCUT2D eigenvalue weighted by molar-refractivity contribution is -0.125. The maximum atomic E-state index is 12.4. The molecule has 0 aliphatic carbocycles. The molecule has 1 amide bonds. The summed E-state index contributed by atoms with van der Waals surface area (Å²) in [7, 11) is 0. The standard InChI is InChI=1S/C19H16N2O3S/c1-12-6-8-13(9-7-12)14-11-25-19(20-14)21-18(22)17-10-23-15-4-2-3-5-16(15)24-17/h2-9,11,17H,10H2,1H3,(H,20,21,22)/t17-/m1/s1. The number of rotatable bonds is 3. The predicted molar refractivity (Wildman–Crippen MR) is 97.3 cm³/mol. The van der Waals surface area contributed by atoms with E-state index in [2.05, 4.69) is 10.3 Å². The van der Waals surface area contributed by atoms with Gasteiger partial charge < -0.3 is 9.47 Å². The quantitative estimate of drug-likeness (QED) is 0.777. The summed E-state index contributed by atoms with van der Waals surface area (Å²) >= 11 is 1.39. The number of ether oxygens (including phenoxy) is 2. The van der Waals surface area contributed by atoms with Crippen LogP contribution in [0.25, 0.3) is 11.3 Å². The number of hydrogen-bond donors (Lipinski definition) is 1. The van der Waals surface area contributed by atoms with Gasteiger partial charge in [0.25, 0.3) is 5.91 Å². The molecule has 1 aromatic heterocycles. The van der Waals surface area contributed by atoms with Gasteiger partial charge in [-0.3, -0.25) is 10.1 Å². The van der Waals surface area contributed by atoms with Crippen molar-refractivity contribution in [3.63, 3.8) is 0 Å². The summed E-state index contributed by atoms with van der Waals surface area (Å²) in [4.78, 5) is 16.9. The number of fused-ring (bicyclic) bond motifs is 1. The molecule has 0 saturated carbocycles. The van der Waals surface area contributed by atoms with Crippen molar-refractivity contribution in [1.29, 1.82) is 0 Å². The summed E-state index contributed by atoms with van der Waals surface area (Å²) in [6.07, 6.45) is -0.693. The summed E-state index contributed by atoms with van der Waals surface area (Å²) < 4.78 is 11.3. The van der Waals surface area contributed by atoms with E-state index in [-0.39, 0.29) is 12.5 Å². The average molecular weight is 352 g/mol. The van der Waals surface area contributed by atoms with Gasteiger partial charge in [0.05, 0.1) is 5.69 Å². The molecule has 1 atom stereocenters.